The topological polar surface area (TPSA) is 51.7 Å². The first-order valence-electron chi connectivity index (χ1n) is 8.30. The lowest BCUT2D eigenvalue weighted by Crippen LogP contribution is -2.27. The van der Waals surface area contributed by atoms with Gasteiger partial charge in [-0.3, -0.25) is 9.69 Å². The SMILES string of the molecule is CCOc1ccc([C@@H]2SCC(=O)N2c2nc3ccc(OC)cc3s2)cc1. The number of carbonyl (C=O) groups excluding carboxylic acids is 1. The van der Waals surface area contributed by atoms with Gasteiger partial charge in [0.1, 0.15) is 16.9 Å². The quantitative estimate of drug-likeness (QED) is 0.647. The summed E-state index contributed by atoms with van der Waals surface area (Å²) in [6.45, 7) is 2.60. The minimum atomic E-state index is -0.0689. The molecule has 2 heterocycles. The van der Waals surface area contributed by atoms with Crippen LogP contribution in [0.4, 0.5) is 5.13 Å². The van der Waals surface area contributed by atoms with Crippen molar-refractivity contribution in [3.8, 4) is 11.5 Å². The predicted octanol–water partition coefficient (Wildman–Crippen LogP) is 4.48. The summed E-state index contributed by atoms with van der Waals surface area (Å²) < 4.78 is 11.8. The van der Waals surface area contributed by atoms with Crippen LogP contribution in [0, 0.1) is 0 Å². The van der Waals surface area contributed by atoms with Gasteiger partial charge in [-0.2, -0.15) is 0 Å². The number of hydrogen-bond donors (Lipinski definition) is 0. The third-order valence-electron chi connectivity index (χ3n) is 4.13. The maximum Gasteiger partial charge on any atom is 0.240 e. The molecule has 4 rings (SSSR count). The highest BCUT2D eigenvalue weighted by atomic mass is 32.2. The van der Waals surface area contributed by atoms with Crippen LogP contribution in [0.15, 0.2) is 42.5 Å². The molecule has 1 atom stereocenters. The molecule has 2 aromatic carbocycles. The molecule has 26 heavy (non-hydrogen) atoms. The minimum Gasteiger partial charge on any atom is -0.497 e. The van der Waals surface area contributed by atoms with E-state index in [0.29, 0.717) is 12.4 Å². The Bertz CT molecular complexity index is 940. The van der Waals surface area contributed by atoms with E-state index in [0.717, 1.165) is 32.4 Å². The highest BCUT2D eigenvalue weighted by molar-refractivity contribution is 8.00. The van der Waals surface area contributed by atoms with E-state index in [4.69, 9.17) is 9.47 Å². The average molecular weight is 386 g/mol. The monoisotopic (exact) mass is 386 g/mol. The maximum atomic E-state index is 12.6. The lowest BCUT2D eigenvalue weighted by Gasteiger charge is -2.21. The van der Waals surface area contributed by atoms with Crippen LogP contribution in [-0.2, 0) is 4.79 Å². The van der Waals surface area contributed by atoms with Crippen molar-refractivity contribution in [2.75, 3.05) is 24.4 Å². The fourth-order valence-corrected chi connectivity index (χ4v) is 5.16. The summed E-state index contributed by atoms with van der Waals surface area (Å²) in [5.41, 5.74) is 1.95. The number of methoxy groups -OCH3 is 1. The first kappa shape index (κ1) is 17.2. The van der Waals surface area contributed by atoms with Crippen molar-refractivity contribution >= 4 is 44.4 Å². The molecule has 1 saturated heterocycles. The van der Waals surface area contributed by atoms with Crippen LogP contribution in [0.3, 0.4) is 0 Å². The van der Waals surface area contributed by atoms with Gasteiger partial charge >= 0.3 is 0 Å². The molecule has 5 nitrogen and oxygen atoms in total. The van der Waals surface area contributed by atoms with Gasteiger partial charge < -0.3 is 9.47 Å². The van der Waals surface area contributed by atoms with E-state index in [1.54, 1.807) is 23.8 Å². The van der Waals surface area contributed by atoms with Crippen LogP contribution < -0.4 is 14.4 Å². The molecule has 0 saturated carbocycles. The Hall–Kier alpha value is -2.25. The zero-order valence-corrected chi connectivity index (χ0v) is 16.1. The third kappa shape index (κ3) is 3.12. The van der Waals surface area contributed by atoms with Crippen molar-refractivity contribution in [3.05, 3.63) is 48.0 Å². The van der Waals surface area contributed by atoms with Crippen molar-refractivity contribution in [1.82, 2.24) is 4.98 Å². The Morgan fingerprint density at radius 3 is 2.69 bits per heavy atom. The predicted molar refractivity (Wildman–Crippen MR) is 106 cm³/mol. The lowest BCUT2D eigenvalue weighted by atomic mass is 10.2. The highest BCUT2D eigenvalue weighted by Gasteiger charge is 2.36. The van der Waals surface area contributed by atoms with E-state index < -0.39 is 0 Å². The fourth-order valence-electron chi connectivity index (χ4n) is 2.90. The number of rotatable bonds is 5. The normalized spacial score (nSPS) is 17.1. The van der Waals surface area contributed by atoms with Gasteiger partial charge in [0, 0.05) is 0 Å². The Morgan fingerprint density at radius 2 is 1.96 bits per heavy atom. The van der Waals surface area contributed by atoms with Crippen LogP contribution in [0.2, 0.25) is 0 Å². The van der Waals surface area contributed by atoms with Gasteiger partial charge in [-0.25, -0.2) is 4.98 Å². The Morgan fingerprint density at radius 1 is 1.19 bits per heavy atom. The number of amides is 1. The number of fused-ring (bicyclic) bond motifs is 1. The number of ether oxygens (including phenoxy) is 2. The smallest absolute Gasteiger partial charge is 0.240 e. The van der Waals surface area contributed by atoms with Crippen LogP contribution in [0.5, 0.6) is 11.5 Å². The molecule has 1 aliphatic rings. The van der Waals surface area contributed by atoms with E-state index >= 15 is 0 Å². The van der Waals surface area contributed by atoms with Crippen LogP contribution >= 0.6 is 23.1 Å². The van der Waals surface area contributed by atoms with Gasteiger partial charge in [0.2, 0.25) is 5.91 Å². The Labute approximate surface area is 159 Å². The summed E-state index contributed by atoms with van der Waals surface area (Å²) in [4.78, 5) is 19.0. The second kappa shape index (κ2) is 7.17. The molecule has 0 bridgehead atoms. The standard InChI is InChI=1S/C19H18N2O3S2/c1-3-24-13-6-4-12(5-7-13)18-21(17(22)11-25-18)19-20-15-9-8-14(23-2)10-16(15)26-19/h4-10,18H,3,11H2,1-2H3/t18-/m0/s1. The van der Waals surface area contributed by atoms with Gasteiger partial charge in [0.15, 0.2) is 5.13 Å². The number of aromatic nitrogens is 1. The fraction of sp³-hybridized carbons (Fsp3) is 0.263. The Kier molecular flexibility index (Phi) is 4.74. The molecule has 1 aliphatic heterocycles. The molecular formula is C19H18N2O3S2. The van der Waals surface area contributed by atoms with Gasteiger partial charge in [-0.05, 0) is 42.8 Å². The highest BCUT2D eigenvalue weighted by Crippen LogP contribution is 2.44. The molecule has 0 aliphatic carbocycles. The first-order valence-corrected chi connectivity index (χ1v) is 10.2. The van der Waals surface area contributed by atoms with Gasteiger partial charge in [-0.1, -0.05) is 23.5 Å². The molecule has 3 aromatic rings. The number of thioether (sulfide) groups is 1. The van der Waals surface area contributed by atoms with Crippen molar-refractivity contribution in [3.63, 3.8) is 0 Å². The summed E-state index contributed by atoms with van der Waals surface area (Å²) in [5, 5.41) is 0.655. The van der Waals surface area contributed by atoms with E-state index in [1.165, 1.54) is 11.3 Å². The summed E-state index contributed by atoms with van der Waals surface area (Å²) in [6.07, 6.45) is 0. The molecule has 1 aromatic heterocycles. The van der Waals surface area contributed by atoms with Gasteiger partial charge in [-0.15, -0.1) is 11.8 Å². The third-order valence-corrected chi connectivity index (χ3v) is 6.36. The first-order chi connectivity index (χ1) is 12.7. The van der Waals surface area contributed by atoms with E-state index in [9.17, 15) is 4.79 Å². The Balaban J connectivity index is 1.68. The molecule has 0 radical (unpaired) electrons. The van der Waals surface area contributed by atoms with E-state index in [1.807, 2.05) is 49.4 Å². The maximum absolute atomic E-state index is 12.6. The molecule has 1 fully saturated rings. The molecule has 1 amide bonds. The number of carbonyl (C=O) groups is 1. The molecular weight excluding hydrogens is 368 g/mol. The summed E-state index contributed by atoms with van der Waals surface area (Å²) in [6, 6.07) is 13.7. The molecule has 7 heteroatoms. The second-order valence-electron chi connectivity index (χ2n) is 5.76. The number of thiazole rings is 1. The molecule has 134 valence electrons. The summed E-state index contributed by atoms with van der Waals surface area (Å²) in [5.74, 6) is 2.17. The average Bonchev–Trinajstić information content (AvgIpc) is 3.24. The van der Waals surface area contributed by atoms with Crippen molar-refractivity contribution in [1.29, 1.82) is 0 Å². The van der Waals surface area contributed by atoms with Crippen molar-refractivity contribution in [2.24, 2.45) is 0 Å². The number of anilines is 1. The molecule has 0 unspecified atom stereocenters. The van der Waals surface area contributed by atoms with Crippen molar-refractivity contribution in [2.45, 2.75) is 12.3 Å². The number of benzene rings is 2. The second-order valence-corrected chi connectivity index (χ2v) is 7.84. The molecule has 0 N–H and O–H groups in total. The zero-order chi connectivity index (χ0) is 18.1. The van der Waals surface area contributed by atoms with Crippen LogP contribution in [-0.4, -0.2) is 30.4 Å². The number of hydrogen-bond acceptors (Lipinski definition) is 6. The largest absolute Gasteiger partial charge is 0.497 e. The van der Waals surface area contributed by atoms with Gasteiger partial charge in [0.25, 0.3) is 0 Å². The number of nitrogens with zero attached hydrogens (tertiary/aromatic N) is 2. The molecule has 0 spiro atoms. The zero-order valence-electron chi connectivity index (χ0n) is 14.5. The lowest BCUT2D eigenvalue weighted by molar-refractivity contribution is -0.115. The van der Waals surface area contributed by atoms with E-state index in [2.05, 4.69) is 4.98 Å². The van der Waals surface area contributed by atoms with Crippen LogP contribution in [0.1, 0.15) is 17.9 Å². The van der Waals surface area contributed by atoms with Crippen molar-refractivity contribution < 1.29 is 14.3 Å². The van der Waals surface area contributed by atoms with Crippen LogP contribution in [0.25, 0.3) is 10.2 Å². The van der Waals surface area contributed by atoms with E-state index in [-0.39, 0.29) is 11.3 Å². The van der Waals surface area contributed by atoms with Gasteiger partial charge in [0.05, 0.1) is 29.7 Å². The summed E-state index contributed by atoms with van der Waals surface area (Å²) >= 11 is 3.13. The summed E-state index contributed by atoms with van der Waals surface area (Å²) in [7, 11) is 1.64. The minimum absolute atomic E-state index is 0.0689.